The summed E-state index contributed by atoms with van der Waals surface area (Å²) >= 11 is 0. The molecule has 0 saturated heterocycles. The molecule has 0 aliphatic rings. The van der Waals surface area contributed by atoms with Gasteiger partial charge in [0.05, 0.1) is 13.2 Å². The number of ether oxygens (including phenoxy) is 2. The smallest absolute Gasteiger partial charge is 0.305 e. The van der Waals surface area contributed by atoms with Crippen LogP contribution >= 0.6 is 0 Å². The normalized spacial score (nSPS) is 11.4. The number of unbranched alkanes of at least 4 members (excludes halogenated alkanes) is 1. The minimum atomic E-state index is -0.156. The molecule has 142 valence electrons. The zero-order valence-corrected chi connectivity index (χ0v) is 16.5. The van der Waals surface area contributed by atoms with E-state index < -0.39 is 0 Å². The molecule has 0 amide bonds. The summed E-state index contributed by atoms with van der Waals surface area (Å²) < 4.78 is 11.0. The van der Waals surface area contributed by atoms with Crippen molar-refractivity contribution in [2.75, 3.05) is 19.8 Å². The van der Waals surface area contributed by atoms with Crippen molar-refractivity contribution < 1.29 is 19.4 Å². The molecule has 0 bridgehead atoms. The zero-order valence-electron chi connectivity index (χ0n) is 16.5. The molecule has 0 aromatic heterocycles. The van der Waals surface area contributed by atoms with Crippen molar-refractivity contribution in [2.24, 2.45) is 0 Å². The van der Waals surface area contributed by atoms with Gasteiger partial charge < -0.3 is 14.6 Å². The fraction of sp³-hybridized carbons (Fsp3) is 0.667. The maximum absolute atomic E-state index is 11.7. The SMILES string of the molecule is CCOc1c(C)cc(CCCC(=O)OCCCCO)cc1C(C)(C)C. The third-order valence-corrected chi connectivity index (χ3v) is 4.09. The lowest BCUT2D eigenvalue weighted by molar-refractivity contribution is -0.143. The van der Waals surface area contributed by atoms with Crippen LogP contribution in [-0.2, 0) is 21.4 Å². The largest absolute Gasteiger partial charge is 0.493 e. The van der Waals surface area contributed by atoms with Crippen molar-refractivity contribution >= 4 is 5.97 Å². The highest BCUT2D eigenvalue weighted by atomic mass is 16.5. The molecular formula is C21H34O4. The Labute approximate surface area is 152 Å². The van der Waals surface area contributed by atoms with E-state index in [-0.39, 0.29) is 18.0 Å². The summed E-state index contributed by atoms with van der Waals surface area (Å²) in [5, 5.41) is 8.70. The first-order chi connectivity index (χ1) is 11.8. The number of benzene rings is 1. The third-order valence-electron chi connectivity index (χ3n) is 4.09. The van der Waals surface area contributed by atoms with E-state index in [1.807, 2.05) is 6.92 Å². The Morgan fingerprint density at radius 3 is 2.48 bits per heavy atom. The van der Waals surface area contributed by atoms with Gasteiger partial charge in [-0.1, -0.05) is 32.9 Å². The van der Waals surface area contributed by atoms with E-state index in [4.69, 9.17) is 14.6 Å². The number of esters is 1. The van der Waals surface area contributed by atoms with Crippen LogP contribution in [0.4, 0.5) is 0 Å². The Morgan fingerprint density at radius 2 is 1.88 bits per heavy atom. The summed E-state index contributed by atoms with van der Waals surface area (Å²) in [6.07, 6.45) is 3.44. The van der Waals surface area contributed by atoms with Crippen molar-refractivity contribution in [3.63, 3.8) is 0 Å². The summed E-state index contributed by atoms with van der Waals surface area (Å²) in [7, 11) is 0. The molecule has 1 aromatic carbocycles. The molecule has 0 unspecified atom stereocenters. The third kappa shape index (κ3) is 7.47. The van der Waals surface area contributed by atoms with Crippen molar-refractivity contribution in [1.82, 2.24) is 0 Å². The standard InChI is InChI=1S/C21H34O4/c1-6-24-20-16(2)14-17(15-18(20)21(3,4)5)10-9-11-19(23)25-13-8-7-12-22/h14-15,22H,6-13H2,1-5H3. The highest BCUT2D eigenvalue weighted by Gasteiger charge is 2.21. The van der Waals surface area contributed by atoms with E-state index in [2.05, 4.69) is 39.8 Å². The minimum absolute atomic E-state index is 0.0108. The van der Waals surface area contributed by atoms with Gasteiger partial charge in [0.15, 0.2) is 0 Å². The van der Waals surface area contributed by atoms with Crippen LogP contribution in [0.5, 0.6) is 5.75 Å². The first kappa shape index (κ1) is 21.5. The van der Waals surface area contributed by atoms with Gasteiger partial charge >= 0.3 is 5.97 Å². The number of aryl methyl sites for hydroxylation is 2. The Balaban J connectivity index is 2.64. The van der Waals surface area contributed by atoms with E-state index in [9.17, 15) is 4.79 Å². The number of hydrogen-bond acceptors (Lipinski definition) is 4. The van der Waals surface area contributed by atoms with E-state index in [1.165, 1.54) is 11.1 Å². The quantitative estimate of drug-likeness (QED) is 0.504. The van der Waals surface area contributed by atoms with Gasteiger partial charge in [-0.2, -0.15) is 0 Å². The van der Waals surface area contributed by atoms with Crippen molar-refractivity contribution in [3.8, 4) is 5.75 Å². The van der Waals surface area contributed by atoms with Gasteiger partial charge in [0.2, 0.25) is 0 Å². The predicted octanol–water partition coefficient (Wildman–Crippen LogP) is 4.33. The summed E-state index contributed by atoms with van der Waals surface area (Å²) in [6, 6.07) is 4.37. The van der Waals surface area contributed by atoms with Gasteiger partial charge in [-0.15, -0.1) is 0 Å². The average molecular weight is 350 g/mol. The van der Waals surface area contributed by atoms with Crippen LogP contribution < -0.4 is 4.74 Å². The second-order valence-electron chi connectivity index (χ2n) is 7.48. The molecule has 0 heterocycles. The second kappa shape index (κ2) is 10.4. The first-order valence-corrected chi connectivity index (χ1v) is 9.32. The molecule has 0 aliphatic heterocycles. The van der Waals surface area contributed by atoms with Gasteiger partial charge in [-0.3, -0.25) is 4.79 Å². The number of hydrogen-bond donors (Lipinski definition) is 1. The minimum Gasteiger partial charge on any atom is -0.493 e. The highest BCUT2D eigenvalue weighted by Crippen LogP contribution is 2.35. The molecule has 4 nitrogen and oxygen atoms in total. The number of aliphatic hydroxyl groups is 1. The molecule has 1 rings (SSSR count). The molecule has 0 aliphatic carbocycles. The number of carbonyl (C=O) groups excluding carboxylic acids is 1. The van der Waals surface area contributed by atoms with Crippen LogP contribution in [0, 0.1) is 6.92 Å². The van der Waals surface area contributed by atoms with Crippen LogP contribution in [0.25, 0.3) is 0 Å². The number of carbonyl (C=O) groups is 1. The Hall–Kier alpha value is -1.55. The topological polar surface area (TPSA) is 55.8 Å². The molecule has 0 radical (unpaired) electrons. The maximum atomic E-state index is 11.7. The molecule has 0 atom stereocenters. The summed E-state index contributed by atoms with van der Waals surface area (Å²) in [6.45, 7) is 11.9. The molecule has 25 heavy (non-hydrogen) atoms. The van der Waals surface area contributed by atoms with Gasteiger partial charge in [0.1, 0.15) is 5.75 Å². The van der Waals surface area contributed by atoms with Crippen molar-refractivity contribution in [1.29, 1.82) is 0 Å². The van der Waals surface area contributed by atoms with Crippen LogP contribution in [-0.4, -0.2) is 30.9 Å². The van der Waals surface area contributed by atoms with E-state index in [0.29, 0.717) is 26.1 Å². The highest BCUT2D eigenvalue weighted by molar-refractivity contribution is 5.69. The molecule has 1 aromatic rings. The first-order valence-electron chi connectivity index (χ1n) is 9.32. The molecule has 0 spiro atoms. The van der Waals surface area contributed by atoms with E-state index in [1.54, 1.807) is 0 Å². The average Bonchev–Trinajstić information content (AvgIpc) is 2.53. The van der Waals surface area contributed by atoms with Crippen molar-refractivity contribution in [2.45, 2.75) is 72.1 Å². The monoisotopic (exact) mass is 350 g/mol. The van der Waals surface area contributed by atoms with Crippen LogP contribution in [0.3, 0.4) is 0 Å². The number of rotatable bonds is 10. The molecule has 0 fully saturated rings. The lowest BCUT2D eigenvalue weighted by atomic mass is 9.83. The van der Waals surface area contributed by atoms with Gasteiger partial charge in [-0.05, 0) is 56.1 Å². The Morgan fingerprint density at radius 1 is 1.16 bits per heavy atom. The van der Waals surface area contributed by atoms with Gasteiger partial charge in [-0.25, -0.2) is 0 Å². The van der Waals surface area contributed by atoms with E-state index in [0.717, 1.165) is 30.6 Å². The summed E-state index contributed by atoms with van der Waals surface area (Å²) in [5.74, 6) is 0.832. The zero-order chi connectivity index (χ0) is 18.9. The van der Waals surface area contributed by atoms with Crippen LogP contribution in [0.1, 0.15) is 70.1 Å². The summed E-state index contributed by atoms with van der Waals surface area (Å²) in [4.78, 5) is 11.7. The fourth-order valence-electron chi connectivity index (χ4n) is 2.79. The van der Waals surface area contributed by atoms with Crippen molar-refractivity contribution in [3.05, 3.63) is 28.8 Å². The molecule has 0 saturated carbocycles. The molecular weight excluding hydrogens is 316 g/mol. The molecule has 1 N–H and O–H groups in total. The lowest BCUT2D eigenvalue weighted by Gasteiger charge is -2.25. The van der Waals surface area contributed by atoms with E-state index >= 15 is 0 Å². The molecule has 4 heteroatoms. The van der Waals surface area contributed by atoms with Gasteiger partial charge in [0.25, 0.3) is 0 Å². The fourth-order valence-corrected chi connectivity index (χ4v) is 2.79. The second-order valence-corrected chi connectivity index (χ2v) is 7.48. The van der Waals surface area contributed by atoms with Crippen LogP contribution in [0.15, 0.2) is 12.1 Å². The maximum Gasteiger partial charge on any atom is 0.305 e. The lowest BCUT2D eigenvalue weighted by Crippen LogP contribution is -2.15. The van der Waals surface area contributed by atoms with Crippen LogP contribution in [0.2, 0.25) is 0 Å². The number of aliphatic hydroxyl groups excluding tert-OH is 1. The summed E-state index contributed by atoms with van der Waals surface area (Å²) in [5.41, 5.74) is 3.61. The predicted molar refractivity (Wildman–Crippen MR) is 101 cm³/mol. The van der Waals surface area contributed by atoms with Gasteiger partial charge in [0, 0.05) is 18.6 Å². The Kier molecular flexibility index (Phi) is 8.98. The Bertz CT molecular complexity index is 544.